The molecule has 1 aliphatic heterocycles. The Labute approximate surface area is 150 Å². The molecule has 0 bridgehead atoms. The highest BCUT2D eigenvalue weighted by Crippen LogP contribution is 2.19. The van der Waals surface area contributed by atoms with Crippen LogP contribution in [0.2, 0.25) is 0 Å². The summed E-state index contributed by atoms with van der Waals surface area (Å²) in [6.45, 7) is 5.04. The van der Waals surface area contributed by atoms with Crippen LogP contribution in [-0.2, 0) is 6.54 Å². The Morgan fingerprint density at radius 1 is 1.08 bits per heavy atom. The van der Waals surface area contributed by atoms with Crippen LogP contribution in [-0.4, -0.2) is 48.8 Å². The van der Waals surface area contributed by atoms with Gasteiger partial charge in [0.1, 0.15) is 5.82 Å². The first-order chi connectivity index (χ1) is 11.5. The number of nitrogens with zero attached hydrogens (tertiary/aromatic N) is 2. The SMILES string of the molecule is CN1CCN(Cc2cccc(C(=O)c3ccc(Br)c(F)c3)c2)CC1. The summed E-state index contributed by atoms with van der Waals surface area (Å²) in [7, 11) is 2.13. The lowest BCUT2D eigenvalue weighted by Gasteiger charge is -2.32. The first kappa shape index (κ1) is 17.3. The number of ketones is 1. The van der Waals surface area contributed by atoms with E-state index in [0.29, 0.717) is 15.6 Å². The minimum atomic E-state index is -0.422. The van der Waals surface area contributed by atoms with Crippen molar-refractivity contribution >= 4 is 21.7 Å². The van der Waals surface area contributed by atoms with Gasteiger partial charge < -0.3 is 4.90 Å². The summed E-state index contributed by atoms with van der Waals surface area (Å²) in [5.74, 6) is -0.573. The number of halogens is 2. The molecular formula is C19H20BrFN2O. The van der Waals surface area contributed by atoms with Gasteiger partial charge in [0.2, 0.25) is 0 Å². The molecule has 0 saturated carbocycles. The van der Waals surface area contributed by atoms with E-state index in [1.807, 2.05) is 18.2 Å². The van der Waals surface area contributed by atoms with Crippen LogP contribution in [0.1, 0.15) is 21.5 Å². The topological polar surface area (TPSA) is 23.6 Å². The second-order valence-corrected chi connectivity index (χ2v) is 7.09. The molecule has 3 rings (SSSR count). The predicted molar refractivity (Wildman–Crippen MR) is 96.7 cm³/mol. The van der Waals surface area contributed by atoms with Crippen molar-refractivity contribution in [3.63, 3.8) is 0 Å². The molecule has 2 aromatic rings. The van der Waals surface area contributed by atoms with Gasteiger partial charge >= 0.3 is 0 Å². The fourth-order valence-electron chi connectivity index (χ4n) is 2.88. The van der Waals surface area contributed by atoms with Crippen molar-refractivity contribution in [1.82, 2.24) is 9.80 Å². The first-order valence-corrected chi connectivity index (χ1v) is 8.82. The Morgan fingerprint density at radius 3 is 2.50 bits per heavy atom. The maximum atomic E-state index is 13.7. The number of benzene rings is 2. The second-order valence-electron chi connectivity index (χ2n) is 6.24. The summed E-state index contributed by atoms with van der Waals surface area (Å²) < 4.78 is 14.0. The van der Waals surface area contributed by atoms with Gasteiger partial charge in [-0.15, -0.1) is 0 Å². The summed E-state index contributed by atoms with van der Waals surface area (Å²) in [6, 6.07) is 12.1. The van der Waals surface area contributed by atoms with Gasteiger partial charge in [-0.3, -0.25) is 9.69 Å². The van der Waals surface area contributed by atoms with Crippen molar-refractivity contribution in [3.05, 3.63) is 69.4 Å². The number of hydrogen-bond donors (Lipinski definition) is 0. The summed E-state index contributed by atoms with van der Waals surface area (Å²) in [5.41, 5.74) is 2.08. The fraction of sp³-hybridized carbons (Fsp3) is 0.316. The molecule has 5 heteroatoms. The van der Waals surface area contributed by atoms with Gasteiger partial charge in [-0.2, -0.15) is 0 Å². The van der Waals surface area contributed by atoms with Gasteiger partial charge in [0.15, 0.2) is 5.78 Å². The zero-order valence-electron chi connectivity index (χ0n) is 13.6. The Balaban J connectivity index is 1.74. The Morgan fingerprint density at radius 2 is 1.79 bits per heavy atom. The van der Waals surface area contributed by atoms with Crippen molar-refractivity contribution in [2.24, 2.45) is 0 Å². The normalized spacial score (nSPS) is 16.3. The maximum Gasteiger partial charge on any atom is 0.193 e. The van der Waals surface area contributed by atoms with E-state index in [2.05, 4.69) is 32.8 Å². The predicted octanol–water partition coefficient (Wildman–Crippen LogP) is 3.57. The van der Waals surface area contributed by atoms with Crippen LogP contribution in [0.3, 0.4) is 0 Å². The van der Waals surface area contributed by atoms with Crippen molar-refractivity contribution in [2.75, 3.05) is 33.2 Å². The molecule has 24 heavy (non-hydrogen) atoms. The lowest BCUT2D eigenvalue weighted by molar-refractivity contribution is 0.103. The maximum absolute atomic E-state index is 13.7. The highest BCUT2D eigenvalue weighted by Gasteiger charge is 2.15. The van der Waals surface area contributed by atoms with Crippen LogP contribution in [0.5, 0.6) is 0 Å². The van der Waals surface area contributed by atoms with E-state index < -0.39 is 5.82 Å². The number of rotatable bonds is 4. The van der Waals surface area contributed by atoms with Crippen molar-refractivity contribution in [2.45, 2.75) is 6.54 Å². The third-order valence-corrected chi connectivity index (χ3v) is 5.02. The third-order valence-electron chi connectivity index (χ3n) is 4.37. The highest BCUT2D eigenvalue weighted by molar-refractivity contribution is 9.10. The molecular weight excluding hydrogens is 371 g/mol. The van der Waals surface area contributed by atoms with Crippen LogP contribution in [0.4, 0.5) is 4.39 Å². The van der Waals surface area contributed by atoms with Crippen LogP contribution >= 0.6 is 15.9 Å². The van der Waals surface area contributed by atoms with Gasteiger partial charge in [0.05, 0.1) is 4.47 Å². The number of carbonyl (C=O) groups excluding carboxylic acids is 1. The van der Waals surface area contributed by atoms with E-state index in [-0.39, 0.29) is 5.78 Å². The van der Waals surface area contributed by atoms with E-state index in [9.17, 15) is 9.18 Å². The molecule has 0 spiro atoms. The molecule has 1 heterocycles. The molecule has 2 aromatic carbocycles. The van der Waals surface area contributed by atoms with E-state index in [4.69, 9.17) is 0 Å². The van der Waals surface area contributed by atoms with E-state index >= 15 is 0 Å². The molecule has 0 N–H and O–H groups in total. The summed E-state index contributed by atoms with van der Waals surface area (Å²) >= 11 is 3.11. The van der Waals surface area contributed by atoms with Gasteiger partial charge in [-0.1, -0.05) is 18.2 Å². The molecule has 3 nitrogen and oxygen atoms in total. The Kier molecular flexibility index (Phi) is 5.43. The summed E-state index contributed by atoms with van der Waals surface area (Å²) in [5, 5.41) is 0. The van der Waals surface area contributed by atoms with Crippen LogP contribution in [0, 0.1) is 5.82 Å². The first-order valence-electron chi connectivity index (χ1n) is 8.02. The minimum absolute atomic E-state index is 0.151. The number of piperazine rings is 1. The molecule has 0 amide bonds. The molecule has 126 valence electrons. The molecule has 0 unspecified atom stereocenters. The molecule has 0 atom stereocenters. The largest absolute Gasteiger partial charge is 0.304 e. The van der Waals surface area contributed by atoms with Crippen molar-refractivity contribution in [1.29, 1.82) is 0 Å². The average molecular weight is 391 g/mol. The summed E-state index contributed by atoms with van der Waals surface area (Å²) in [6.07, 6.45) is 0. The zero-order valence-corrected chi connectivity index (χ0v) is 15.2. The minimum Gasteiger partial charge on any atom is -0.304 e. The molecule has 0 aliphatic carbocycles. The lowest BCUT2D eigenvalue weighted by atomic mass is 10.0. The van der Waals surface area contributed by atoms with Crippen molar-refractivity contribution in [3.8, 4) is 0 Å². The highest BCUT2D eigenvalue weighted by atomic mass is 79.9. The summed E-state index contributed by atoms with van der Waals surface area (Å²) in [4.78, 5) is 17.3. The standard InChI is InChI=1S/C19H20BrFN2O/c1-22-7-9-23(10-8-22)13-14-3-2-4-15(11-14)19(24)16-5-6-17(20)18(21)12-16/h2-6,11-12H,7-10,13H2,1H3. The molecule has 0 aromatic heterocycles. The average Bonchev–Trinajstić information content (AvgIpc) is 2.59. The van der Waals surface area contributed by atoms with E-state index in [1.165, 1.54) is 6.07 Å². The molecule has 1 fully saturated rings. The van der Waals surface area contributed by atoms with Crippen LogP contribution in [0.25, 0.3) is 0 Å². The lowest BCUT2D eigenvalue weighted by Crippen LogP contribution is -2.43. The Hall–Kier alpha value is -1.56. The molecule has 0 radical (unpaired) electrons. The number of carbonyl (C=O) groups is 1. The fourth-order valence-corrected chi connectivity index (χ4v) is 3.13. The Bertz CT molecular complexity index is 742. The van der Waals surface area contributed by atoms with Gasteiger partial charge in [-0.05, 0) is 52.8 Å². The quantitative estimate of drug-likeness (QED) is 0.745. The third kappa shape index (κ3) is 4.09. The van der Waals surface area contributed by atoms with Crippen LogP contribution in [0.15, 0.2) is 46.9 Å². The monoisotopic (exact) mass is 390 g/mol. The number of likely N-dealkylation sites (N-methyl/N-ethyl adjacent to an activating group) is 1. The van der Waals surface area contributed by atoms with Crippen LogP contribution < -0.4 is 0 Å². The van der Waals surface area contributed by atoms with Crippen molar-refractivity contribution < 1.29 is 9.18 Å². The van der Waals surface area contributed by atoms with Gasteiger partial charge in [-0.25, -0.2) is 4.39 Å². The van der Waals surface area contributed by atoms with Gasteiger partial charge in [0, 0.05) is 43.9 Å². The van der Waals surface area contributed by atoms with E-state index in [0.717, 1.165) is 38.3 Å². The second kappa shape index (κ2) is 7.55. The van der Waals surface area contributed by atoms with Gasteiger partial charge in [0.25, 0.3) is 0 Å². The molecule has 1 aliphatic rings. The number of hydrogen-bond acceptors (Lipinski definition) is 3. The molecule has 1 saturated heterocycles. The zero-order chi connectivity index (χ0) is 17.1. The smallest absolute Gasteiger partial charge is 0.193 e. The van der Waals surface area contributed by atoms with E-state index in [1.54, 1.807) is 18.2 Å².